The highest BCUT2D eigenvalue weighted by Crippen LogP contribution is 2.38. The summed E-state index contributed by atoms with van der Waals surface area (Å²) >= 11 is 1.44. The molecule has 0 radical (unpaired) electrons. The number of nitrogens with zero attached hydrogens (tertiary/aromatic N) is 4. The van der Waals surface area contributed by atoms with Crippen molar-refractivity contribution >= 4 is 28.5 Å². The van der Waals surface area contributed by atoms with Gasteiger partial charge in [-0.15, -0.1) is 10.2 Å². The van der Waals surface area contributed by atoms with E-state index in [1.165, 1.54) is 34.6 Å². The number of esters is 1. The van der Waals surface area contributed by atoms with Gasteiger partial charge in [0.25, 0.3) is 0 Å². The second-order valence-corrected chi connectivity index (χ2v) is 9.42. The SMILES string of the molecule is CCCCc1ccc(C(=O)OC2CCN(C)C(=O)N2c2nnc(C3CCCC3)s2)cc1. The molecule has 1 aliphatic carbocycles. The number of anilines is 1. The smallest absolute Gasteiger partial charge is 0.340 e. The van der Waals surface area contributed by atoms with Crippen LogP contribution in [0.5, 0.6) is 0 Å². The van der Waals surface area contributed by atoms with Crippen molar-refractivity contribution in [2.75, 3.05) is 18.5 Å². The van der Waals surface area contributed by atoms with E-state index in [1.807, 2.05) is 12.1 Å². The van der Waals surface area contributed by atoms with Crippen LogP contribution in [0.15, 0.2) is 24.3 Å². The van der Waals surface area contributed by atoms with Crippen LogP contribution in [0.1, 0.15) is 78.7 Å². The number of aryl methyl sites for hydroxylation is 1. The van der Waals surface area contributed by atoms with Gasteiger partial charge in [0.2, 0.25) is 5.13 Å². The molecule has 2 aliphatic rings. The van der Waals surface area contributed by atoms with Crippen LogP contribution in [0.25, 0.3) is 0 Å². The molecule has 1 aromatic heterocycles. The molecule has 2 amide bonds. The number of aromatic nitrogens is 2. The zero-order chi connectivity index (χ0) is 21.8. The number of urea groups is 1. The van der Waals surface area contributed by atoms with Gasteiger partial charge in [0, 0.05) is 25.9 Å². The molecule has 1 aromatic carbocycles. The molecule has 0 N–H and O–H groups in total. The van der Waals surface area contributed by atoms with Crippen LogP contribution in [0.3, 0.4) is 0 Å². The number of ether oxygens (including phenoxy) is 1. The first kappa shape index (κ1) is 21.7. The molecule has 166 valence electrons. The van der Waals surface area contributed by atoms with Gasteiger partial charge in [-0.1, -0.05) is 49.7 Å². The molecular formula is C23H30N4O3S. The molecule has 8 heteroatoms. The van der Waals surface area contributed by atoms with Crippen LogP contribution in [0.4, 0.5) is 9.93 Å². The third-order valence-electron chi connectivity index (χ3n) is 6.12. The maximum absolute atomic E-state index is 12.9. The lowest BCUT2D eigenvalue weighted by Gasteiger charge is -2.37. The number of rotatable bonds is 7. The minimum absolute atomic E-state index is 0.215. The van der Waals surface area contributed by atoms with Crippen molar-refractivity contribution in [3.8, 4) is 0 Å². The highest BCUT2D eigenvalue weighted by atomic mass is 32.1. The Morgan fingerprint density at radius 1 is 1.16 bits per heavy atom. The van der Waals surface area contributed by atoms with Crippen LogP contribution >= 0.6 is 11.3 Å². The number of hydrogen-bond acceptors (Lipinski definition) is 6. The van der Waals surface area contributed by atoms with Gasteiger partial charge < -0.3 is 9.64 Å². The molecule has 7 nitrogen and oxygen atoms in total. The molecule has 1 saturated carbocycles. The van der Waals surface area contributed by atoms with E-state index in [2.05, 4.69) is 17.1 Å². The first-order valence-electron chi connectivity index (χ1n) is 11.2. The van der Waals surface area contributed by atoms with E-state index in [0.717, 1.165) is 37.1 Å². The summed E-state index contributed by atoms with van der Waals surface area (Å²) in [6.07, 6.45) is 7.78. The van der Waals surface area contributed by atoms with Crippen molar-refractivity contribution in [1.82, 2.24) is 15.1 Å². The van der Waals surface area contributed by atoms with E-state index >= 15 is 0 Å². The molecule has 1 aliphatic heterocycles. The first-order valence-corrected chi connectivity index (χ1v) is 12.1. The Balaban J connectivity index is 1.49. The van der Waals surface area contributed by atoms with Gasteiger partial charge in [-0.3, -0.25) is 0 Å². The Hall–Kier alpha value is -2.48. The van der Waals surface area contributed by atoms with Crippen LogP contribution in [-0.4, -0.2) is 46.9 Å². The third kappa shape index (κ3) is 4.89. The molecule has 0 bridgehead atoms. The van der Waals surface area contributed by atoms with Crippen molar-refractivity contribution in [3.05, 3.63) is 40.4 Å². The third-order valence-corrected chi connectivity index (χ3v) is 7.21. The Morgan fingerprint density at radius 2 is 1.90 bits per heavy atom. The number of unbranched alkanes of at least 4 members (excludes halogenated alkanes) is 1. The second-order valence-electron chi connectivity index (χ2n) is 8.43. The van der Waals surface area contributed by atoms with Crippen molar-refractivity contribution in [1.29, 1.82) is 0 Å². The van der Waals surface area contributed by atoms with E-state index in [1.54, 1.807) is 24.1 Å². The molecule has 4 rings (SSSR count). The molecule has 0 spiro atoms. The Bertz CT molecular complexity index is 908. The van der Waals surface area contributed by atoms with Crippen LogP contribution < -0.4 is 4.90 Å². The maximum atomic E-state index is 12.9. The number of hydrogen-bond donors (Lipinski definition) is 0. The van der Waals surface area contributed by atoms with E-state index < -0.39 is 12.2 Å². The van der Waals surface area contributed by atoms with Gasteiger partial charge in [0.15, 0.2) is 6.23 Å². The zero-order valence-corrected chi connectivity index (χ0v) is 19.1. The predicted octanol–water partition coefficient (Wildman–Crippen LogP) is 4.98. The quantitative estimate of drug-likeness (QED) is 0.565. The maximum Gasteiger partial charge on any atom is 0.340 e. The molecular weight excluding hydrogens is 412 g/mol. The summed E-state index contributed by atoms with van der Waals surface area (Å²) in [5, 5.41) is 10.1. The second kappa shape index (κ2) is 9.77. The minimum Gasteiger partial charge on any atom is -0.437 e. The summed E-state index contributed by atoms with van der Waals surface area (Å²) in [4.78, 5) is 28.9. The normalized spacial score (nSPS) is 19.8. The fourth-order valence-corrected chi connectivity index (χ4v) is 5.24. The van der Waals surface area contributed by atoms with Gasteiger partial charge in [0.05, 0.1) is 5.56 Å². The van der Waals surface area contributed by atoms with Gasteiger partial charge in [-0.05, 0) is 43.4 Å². The number of carbonyl (C=O) groups excluding carboxylic acids is 2. The predicted molar refractivity (Wildman–Crippen MR) is 120 cm³/mol. The van der Waals surface area contributed by atoms with Gasteiger partial charge in [0.1, 0.15) is 5.01 Å². The lowest BCUT2D eigenvalue weighted by molar-refractivity contribution is 0.0229. The Kier molecular flexibility index (Phi) is 6.85. The van der Waals surface area contributed by atoms with Crippen LogP contribution in [-0.2, 0) is 11.2 Å². The monoisotopic (exact) mass is 442 g/mol. The first-order chi connectivity index (χ1) is 15.1. The largest absolute Gasteiger partial charge is 0.437 e. The van der Waals surface area contributed by atoms with E-state index in [4.69, 9.17) is 4.74 Å². The molecule has 31 heavy (non-hydrogen) atoms. The average Bonchev–Trinajstić information content (AvgIpc) is 3.47. The lowest BCUT2D eigenvalue weighted by Crippen LogP contribution is -2.54. The highest BCUT2D eigenvalue weighted by Gasteiger charge is 2.38. The summed E-state index contributed by atoms with van der Waals surface area (Å²) in [6, 6.07) is 7.34. The van der Waals surface area contributed by atoms with Crippen LogP contribution in [0, 0.1) is 0 Å². The molecule has 2 heterocycles. The fourth-order valence-electron chi connectivity index (χ4n) is 4.19. The Labute approximate surface area is 187 Å². The standard InChI is InChI=1S/C23H30N4O3S/c1-3-4-7-16-10-12-18(13-11-16)21(28)30-19-14-15-26(2)23(29)27(19)22-25-24-20(31-22)17-8-5-6-9-17/h10-13,17,19H,3-9,14-15H2,1-2H3. The van der Waals surface area contributed by atoms with E-state index in [9.17, 15) is 9.59 Å². The molecule has 1 saturated heterocycles. The molecule has 1 atom stereocenters. The summed E-state index contributed by atoms with van der Waals surface area (Å²) < 4.78 is 5.80. The molecule has 2 aromatic rings. The highest BCUT2D eigenvalue weighted by molar-refractivity contribution is 7.15. The zero-order valence-electron chi connectivity index (χ0n) is 18.2. The van der Waals surface area contributed by atoms with E-state index in [-0.39, 0.29) is 6.03 Å². The molecule has 2 fully saturated rings. The molecule has 1 unspecified atom stereocenters. The summed E-state index contributed by atoms with van der Waals surface area (Å²) in [7, 11) is 1.75. The fraction of sp³-hybridized carbons (Fsp3) is 0.565. The Morgan fingerprint density at radius 3 is 2.61 bits per heavy atom. The summed E-state index contributed by atoms with van der Waals surface area (Å²) in [5.74, 6) is 0.00558. The van der Waals surface area contributed by atoms with Gasteiger partial charge in [-0.2, -0.15) is 0 Å². The number of carbonyl (C=O) groups is 2. The van der Waals surface area contributed by atoms with Gasteiger partial charge in [-0.25, -0.2) is 14.5 Å². The van der Waals surface area contributed by atoms with Gasteiger partial charge >= 0.3 is 12.0 Å². The summed E-state index contributed by atoms with van der Waals surface area (Å²) in [5.41, 5.74) is 1.71. The topological polar surface area (TPSA) is 75.6 Å². The van der Waals surface area contributed by atoms with Crippen molar-refractivity contribution in [3.63, 3.8) is 0 Å². The van der Waals surface area contributed by atoms with Crippen LogP contribution in [0.2, 0.25) is 0 Å². The number of benzene rings is 1. The average molecular weight is 443 g/mol. The van der Waals surface area contributed by atoms with Crippen molar-refractivity contribution < 1.29 is 14.3 Å². The van der Waals surface area contributed by atoms with Crippen molar-refractivity contribution in [2.24, 2.45) is 0 Å². The van der Waals surface area contributed by atoms with E-state index in [0.29, 0.717) is 29.6 Å². The summed E-state index contributed by atoms with van der Waals surface area (Å²) in [6.45, 7) is 2.69. The number of amides is 2. The minimum atomic E-state index is -0.680. The van der Waals surface area contributed by atoms with Crippen molar-refractivity contribution in [2.45, 2.75) is 70.4 Å². The lowest BCUT2D eigenvalue weighted by atomic mass is 10.1.